The topological polar surface area (TPSA) is 947 Å². The van der Waals surface area contributed by atoms with Crippen LogP contribution in [-0.4, -0.2) is 273 Å². The molecule has 7 saturated heterocycles. The quantitative estimate of drug-likeness (QED) is 0.0173. The first-order valence-electron chi connectivity index (χ1n) is 41.7. The third-order valence-electron chi connectivity index (χ3n) is 23.0. The van der Waals surface area contributed by atoms with Gasteiger partial charge in [0.15, 0.2) is 45.3 Å². The van der Waals surface area contributed by atoms with E-state index in [0.29, 0.717) is 5.65 Å². The molecule has 6 unspecified atom stereocenters. The third kappa shape index (κ3) is 21.9. The van der Waals surface area contributed by atoms with Gasteiger partial charge in [-0.25, -0.2) is 81.6 Å². The summed E-state index contributed by atoms with van der Waals surface area (Å²) in [7, 11) is -33.1. The molecule has 7 fully saturated rings. The normalized spacial score (nSPS) is 29.8. The molecule has 67 nitrogen and oxygen atoms in total. The second-order valence-corrected chi connectivity index (χ2v) is 40.6. The van der Waals surface area contributed by atoms with Gasteiger partial charge in [-0.2, -0.15) is 24.9 Å². The summed E-state index contributed by atoms with van der Waals surface area (Å²) < 4.78 is 203. The fraction of sp³-hybridized carbons (Fsp3) is 0.522. The first kappa shape index (κ1) is 99.5. The van der Waals surface area contributed by atoms with Crippen molar-refractivity contribution in [1.29, 1.82) is 0 Å². The maximum absolute atomic E-state index is 14.6. The zero-order valence-electron chi connectivity index (χ0n) is 71.6. The fourth-order valence-electron chi connectivity index (χ4n) is 16.5. The van der Waals surface area contributed by atoms with Crippen LogP contribution in [0.25, 0.3) is 44.7 Å². The maximum Gasteiger partial charge on any atom is 0.472 e. The molecule has 7 aliphatic rings. The predicted molar refractivity (Wildman–Crippen MR) is 462 cm³/mol. The Morgan fingerprint density at radius 1 is 0.329 bits per heavy atom. The molecule has 0 aliphatic carbocycles. The number of aliphatic hydroxyl groups is 1. The van der Waals surface area contributed by atoms with Crippen LogP contribution in [0.5, 0.6) is 0 Å². The van der Waals surface area contributed by atoms with Crippen LogP contribution in [0.4, 0.5) is 41.0 Å². The average molecular weight is 2090 g/mol. The van der Waals surface area contributed by atoms with Gasteiger partial charge in [-0.1, -0.05) is 0 Å². The summed E-state index contributed by atoms with van der Waals surface area (Å²) in [5.74, 6) is -1.37. The second-order valence-electron chi connectivity index (χ2n) is 32.2. The molecule has 0 spiro atoms. The molecular formula is C67H86N30O37P6. The van der Waals surface area contributed by atoms with Crippen LogP contribution >= 0.6 is 46.9 Å². The lowest BCUT2D eigenvalue weighted by Crippen LogP contribution is -2.34. The number of aromatic amines is 2. The van der Waals surface area contributed by atoms with E-state index in [4.69, 9.17) is 133 Å². The van der Waals surface area contributed by atoms with E-state index in [2.05, 4.69) is 74.8 Å². The van der Waals surface area contributed by atoms with Crippen molar-refractivity contribution in [3.8, 4) is 0 Å². The number of fused-ring (bicyclic) bond motifs is 4. The molecule has 25 N–H and O–H groups in total. The Morgan fingerprint density at radius 3 is 0.871 bits per heavy atom. The van der Waals surface area contributed by atoms with E-state index in [1.165, 1.54) is 61.6 Å². The standard InChI is InChI=1S/C67H86N30O37P6/c68-27-7-44(94-23-80-51-55(72)76-21-78-57(51)94)123-35(27)15-116-135(104,105)132-32-12-49(96-25-82-53-59(96)87-63(74)89-61(53)99)128-40(32)20-121-138(110,111)131-30-10-47(93-6-3-43(71)86-67(93)103)124-36(30)16-118-139(112,113)133-31-11-48(95-24-81-52-56(73)77-22-79-58(52)95)126-38(31)18-120-137(108,109)130-29-9-46(92-5-2-42(70)85-66(92)102)125-37(29)17-119-140(114,115)134-33-13-50(97-26-83-54-60(97)88-64(75)90-62(54)100)127-39(33)19-117-136(106,107)129-28-8-45(122-34(28)14-98)91-4-1-41(69)84-65(91)101/h1-6,21-40,44-50,98H,7-20,68H2,(H,104,105)(H,106,107)(H,108,109)(H,110,111)(H,112,113)(H,114,115)(H2,69,84,101)(H2,70,85,102)(H2,71,86,103)(H2,72,76,78)(H2,73,77,79)(H3,74,87,89,99)(H3,75,88,90,100)/t27-,28-,29-,30-,31-,32-,33-,34+,35+,36+,37+,38+,39+,40+,44+,45+,46+,47+,48+,49+,50+/m0/s1. The van der Waals surface area contributed by atoms with Gasteiger partial charge in [0.25, 0.3) is 11.1 Å². The molecule has 0 aromatic carbocycles. The minimum atomic E-state index is -5.68. The number of imidazole rings is 4. The van der Waals surface area contributed by atoms with Crippen LogP contribution in [0.3, 0.4) is 0 Å². The van der Waals surface area contributed by atoms with E-state index < -0.39 is 282 Å². The molecule has 0 saturated carbocycles. The Labute approximate surface area is 778 Å². The lowest BCUT2D eigenvalue weighted by Gasteiger charge is -2.26. The summed E-state index contributed by atoms with van der Waals surface area (Å²) in [6.45, 7) is -6.92. The lowest BCUT2D eigenvalue weighted by molar-refractivity contribution is -0.0649. The Hall–Kier alpha value is -10.7. The fourth-order valence-corrected chi connectivity index (χ4v) is 22.3. The third-order valence-corrected chi connectivity index (χ3v) is 29.0. The second kappa shape index (κ2) is 39.6. The number of hydrogen-bond acceptors (Lipinski definition) is 52. The number of nitrogen functional groups attached to an aromatic ring is 7. The molecule has 73 heteroatoms. The number of nitrogens with two attached hydrogens (primary N) is 8. The number of anilines is 7. The number of aliphatic hydroxyl groups excluding tert-OH is 1. The van der Waals surface area contributed by atoms with Crippen LogP contribution < -0.4 is 74.1 Å². The van der Waals surface area contributed by atoms with E-state index >= 15 is 0 Å². The summed E-state index contributed by atoms with van der Waals surface area (Å²) in [6, 6.07) is 2.83. The molecule has 18 heterocycles. The molecule has 27 atom stereocenters. The van der Waals surface area contributed by atoms with Gasteiger partial charge in [0, 0.05) is 69.6 Å². The van der Waals surface area contributed by atoms with Crippen LogP contribution in [0.1, 0.15) is 88.5 Å². The van der Waals surface area contributed by atoms with Gasteiger partial charge in [0.1, 0.15) is 158 Å². The van der Waals surface area contributed by atoms with Gasteiger partial charge in [0.2, 0.25) is 11.9 Å². The molecule has 18 rings (SSSR count). The Morgan fingerprint density at radius 2 is 0.579 bits per heavy atom. The van der Waals surface area contributed by atoms with Crippen LogP contribution in [0, 0.1) is 0 Å². The van der Waals surface area contributed by atoms with Gasteiger partial charge < -0.3 is 113 Å². The van der Waals surface area contributed by atoms with Crippen LogP contribution in [0.15, 0.2) is 98.7 Å². The molecule has 0 amide bonds. The van der Waals surface area contributed by atoms with Gasteiger partial charge in [0.05, 0.1) is 77.7 Å². The summed E-state index contributed by atoms with van der Waals surface area (Å²) in [5.41, 5.74) is 42.8. The van der Waals surface area contributed by atoms with Gasteiger partial charge in [-0.15, -0.1) is 0 Å². The lowest BCUT2D eigenvalue weighted by atomic mass is 10.1. The maximum atomic E-state index is 14.6. The highest BCUT2D eigenvalue weighted by atomic mass is 31.2. The summed E-state index contributed by atoms with van der Waals surface area (Å²) in [4.78, 5) is 192. The van der Waals surface area contributed by atoms with E-state index in [0.717, 1.165) is 45.1 Å². The van der Waals surface area contributed by atoms with Crippen molar-refractivity contribution in [3.05, 3.63) is 127 Å². The molecule has 0 bridgehead atoms. The van der Waals surface area contributed by atoms with Crippen molar-refractivity contribution < 1.29 is 149 Å². The van der Waals surface area contributed by atoms with E-state index in [1.807, 2.05) is 0 Å². The van der Waals surface area contributed by atoms with Crippen LogP contribution in [0.2, 0.25) is 0 Å². The van der Waals surface area contributed by atoms with Crippen molar-refractivity contribution >= 4 is 133 Å². The zero-order valence-corrected chi connectivity index (χ0v) is 76.9. The largest absolute Gasteiger partial charge is 0.472 e. The van der Waals surface area contributed by atoms with E-state index in [1.54, 1.807) is 0 Å². The molecule has 11 aromatic heterocycles. The Balaban J connectivity index is 0.551. The summed E-state index contributed by atoms with van der Waals surface area (Å²) in [5, 5.41) is 10.2. The molecule has 140 heavy (non-hydrogen) atoms. The Bertz CT molecular complexity index is 7140. The zero-order chi connectivity index (χ0) is 99.1. The molecular weight excluding hydrogens is 2000 g/mol. The summed E-state index contributed by atoms with van der Waals surface area (Å²) in [6.07, 6.45) is -22.6. The van der Waals surface area contributed by atoms with E-state index in [9.17, 15) is 85.8 Å². The van der Waals surface area contributed by atoms with Gasteiger partial charge in [-0.05, 0) is 18.2 Å². The van der Waals surface area contributed by atoms with Crippen molar-refractivity contribution in [1.82, 2.24) is 107 Å². The number of phosphoric acid groups is 6. The molecule has 7 aliphatic heterocycles. The van der Waals surface area contributed by atoms with E-state index in [-0.39, 0.29) is 92.8 Å². The number of H-pyrrole nitrogens is 2. The van der Waals surface area contributed by atoms with Crippen molar-refractivity contribution in [3.63, 3.8) is 0 Å². The highest BCUT2D eigenvalue weighted by molar-refractivity contribution is 7.48. The average Bonchev–Trinajstić information content (AvgIpc) is 1.63. The SMILES string of the molecule is Nc1ccn([C@H]2C[C@H](OP(=O)(O)OC[C@H]3O[C@@H](n4cnc5c(=O)[nH]c(N)nc54)C[C@@H]3OP(=O)(O)OC[C@H]3O[C@@H](n4ccc(N)nc4=O)C[C@@H]3OP(=O)(O)OC[C@H]3O[C@@H](n4cnc5c(N)ncnc54)C[C@@H]3OP(=O)(O)OC[C@H]3O[C@@H](n4ccc(N)nc4=O)C[C@@H]3OP(=O)(O)OC[C@H]3O[C@@H](n4cnc5c(=O)[nH]c(N)nc54)C[C@@H]3OP(=O)(O)OC[C@H]3O[C@@H](n4cnc5c(N)ncnc54)C[C@@H]3N)[C@@H](CO)O2)c(=O)n1. The number of rotatable bonds is 38. The summed E-state index contributed by atoms with van der Waals surface area (Å²) >= 11 is 0. The van der Waals surface area contributed by atoms with Crippen molar-refractivity contribution in [2.24, 2.45) is 5.73 Å². The minimum absolute atomic E-state index is 0.0220. The van der Waals surface area contributed by atoms with Crippen LogP contribution in [-0.2, 0) is 115 Å². The number of nitrogens with one attached hydrogen (secondary N) is 2. The highest BCUT2D eigenvalue weighted by Gasteiger charge is 2.53. The monoisotopic (exact) mass is 2090 g/mol. The smallest absolute Gasteiger partial charge is 0.394 e. The predicted octanol–water partition coefficient (Wildman–Crippen LogP) is -2.88. The first-order chi connectivity index (χ1) is 66.4. The number of hydrogen-bond donors (Lipinski definition) is 17. The molecule has 0 radical (unpaired) electrons. The minimum Gasteiger partial charge on any atom is -0.394 e. The molecule has 756 valence electrons. The van der Waals surface area contributed by atoms with Crippen molar-refractivity contribution in [2.45, 2.75) is 174 Å². The first-order valence-corrected chi connectivity index (χ1v) is 50.6. The number of ether oxygens (including phenoxy) is 7. The Kier molecular flexibility index (Phi) is 28.1. The van der Waals surface area contributed by atoms with Gasteiger partial charge >= 0.3 is 64.0 Å². The van der Waals surface area contributed by atoms with Gasteiger partial charge in [-0.3, -0.25) is 106 Å². The number of phosphoric ester groups is 6. The number of nitrogens with zero attached hydrogens (tertiary/aromatic N) is 20. The number of aromatic nitrogens is 22. The highest BCUT2D eigenvalue weighted by Crippen LogP contribution is 2.58. The van der Waals surface area contributed by atoms with Crippen molar-refractivity contribution in [2.75, 3.05) is 86.4 Å². The molecule has 11 aromatic rings.